The van der Waals surface area contributed by atoms with E-state index in [4.69, 9.17) is 4.74 Å². The molecule has 1 atom stereocenters. The van der Waals surface area contributed by atoms with Gasteiger partial charge in [0.1, 0.15) is 16.8 Å². The van der Waals surface area contributed by atoms with Crippen molar-refractivity contribution < 1.29 is 22.7 Å². The molecule has 4 rings (SSSR count). The van der Waals surface area contributed by atoms with E-state index in [0.29, 0.717) is 17.6 Å². The maximum atomic E-state index is 13.2. The van der Waals surface area contributed by atoms with Crippen molar-refractivity contribution in [3.63, 3.8) is 0 Å². The number of esters is 1. The van der Waals surface area contributed by atoms with Crippen molar-refractivity contribution in [3.05, 3.63) is 46.6 Å². The summed E-state index contributed by atoms with van der Waals surface area (Å²) < 4.78 is 34.9. The third kappa shape index (κ3) is 4.36. The van der Waals surface area contributed by atoms with Gasteiger partial charge in [-0.2, -0.15) is 9.30 Å². The predicted molar refractivity (Wildman–Crippen MR) is 118 cm³/mol. The standard InChI is InChI=1S/C20H21N3O5S3/c1-28-17(24)13-22-14-7-2-3-9-16(14)30-20(22)21-19(25)15-8-4-5-11-23(15)31(26,27)18-10-6-12-29-18/h2-3,6-7,9-10,12,15H,4-5,8,11,13H2,1H3. The molecule has 1 aliphatic rings. The maximum absolute atomic E-state index is 13.2. The lowest BCUT2D eigenvalue weighted by atomic mass is 10.0. The molecule has 0 radical (unpaired) electrons. The fourth-order valence-corrected chi connectivity index (χ4v) is 7.39. The number of rotatable bonds is 5. The summed E-state index contributed by atoms with van der Waals surface area (Å²) in [5.41, 5.74) is 0.760. The fraction of sp³-hybridized carbons (Fsp3) is 0.350. The van der Waals surface area contributed by atoms with Gasteiger partial charge in [-0.05, 0) is 36.4 Å². The number of sulfonamides is 1. The Balaban J connectivity index is 1.74. The minimum atomic E-state index is -3.77. The van der Waals surface area contributed by atoms with E-state index in [0.717, 1.165) is 28.0 Å². The Kier molecular flexibility index (Phi) is 6.37. The molecule has 164 valence electrons. The van der Waals surface area contributed by atoms with Crippen molar-refractivity contribution in [2.75, 3.05) is 13.7 Å². The van der Waals surface area contributed by atoms with E-state index in [-0.39, 0.29) is 17.3 Å². The average Bonchev–Trinajstić information content (AvgIpc) is 3.43. The molecule has 1 aromatic carbocycles. The van der Waals surface area contributed by atoms with Gasteiger partial charge in [-0.1, -0.05) is 36.0 Å². The van der Waals surface area contributed by atoms with Crippen LogP contribution in [0.25, 0.3) is 10.2 Å². The third-order valence-corrected chi connectivity index (χ3v) is 9.45. The van der Waals surface area contributed by atoms with Gasteiger partial charge < -0.3 is 9.30 Å². The summed E-state index contributed by atoms with van der Waals surface area (Å²) in [5.74, 6) is -0.984. The van der Waals surface area contributed by atoms with Crippen LogP contribution in [0.5, 0.6) is 0 Å². The number of carbonyl (C=O) groups excluding carboxylic acids is 2. The molecule has 0 spiro atoms. The van der Waals surface area contributed by atoms with Crippen molar-refractivity contribution in [1.82, 2.24) is 8.87 Å². The number of ether oxygens (including phenoxy) is 1. The van der Waals surface area contributed by atoms with Gasteiger partial charge in [0.25, 0.3) is 15.9 Å². The summed E-state index contributed by atoms with van der Waals surface area (Å²) in [6.45, 7) is 0.190. The van der Waals surface area contributed by atoms with Crippen LogP contribution in [0.2, 0.25) is 0 Å². The molecule has 3 aromatic rings. The zero-order valence-electron chi connectivity index (χ0n) is 16.8. The van der Waals surface area contributed by atoms with E-state index >= 15 is 0 Å². The number of para-hydroxylation sites is 1. The summed E-state index contributed by atoms with van der Waals surface area (Å²) in [6.07, 6.45) is 1.85. The number of thiazole rings is 1. The second kappa shape index (κ2) is 9.03. The van der Waals surface area contributed by atoms with Crippen molar-refractivity contribution in [2.24, 2.45) is 4.99 Å². The molecule has 0 bridgehead atoms. The van der Waals surface area contributed by atoms with Crippen LogP contribution < -0.4 is 4.80 Å². The van der Waals surface area contributed by atoms with Crippen LogP contribution in [-0.2, 0) is 30.9 Å². The number of thiophene rings is 1. The zero-order chi connectivity index (χ0) is 22.0. The highest BCUT2D eigenvalue weighted by molar-refractivity contribution is 7.91. The average molecular weight is 480 g/mol. The van der Waals surface area contributed by atoms with E-state index < -0.39 is 27.9 Å². The number of hydrogen-bond donors (Lipinski definition) is 0. The second-order valence-electron chi connectivity index (χ2n) is 7.02. The van der Waals surface area contributed by atoms with Crippen LogP contribution in [0.15, 0.2) is 51.0 Å². The molecule has 1 saturated heterocycles. The number of nitrogens with zero attached hydrogens (tertiary/aromatic N) is 3. The monoisotopic (exact) mass is 479 g/mol. The lowest BCUT2D eigenvalue weighted by Gasteiger charge is -2.31. The Labute approximate surface area is 187 Å². The summed E-state index contributed by atoms with van der Waals surface area (Å²) in [5, 5.41) is 1.70. The van der Waals surface area contributed by atoms with Gasteiger partial charge >= 0.3 is 5.97 Å². The highest BCUT2D eigenvalue weighted by Gasteiger charge is 2.38. The van der Waals surface area contributed by atoms with Gasteiger partial charge in [0.15, 0.2) is 4.80 Å². The van der Waals surface area contributed by atoms with E-state index in [1.165, 1.54) is 22.8 Å². The number of amides is 1. The number of carbonyl (C=O) groups is 2. The van der Waals surface area contributed by atoms with Crippen LogP contribution in [0.4, 0.5) is 0 Å². The first kappa shape index (κ1) is 21.9. The first-order chi connectivity index (χ1) is 14.9. The quantitative estimate of drug-likeness (QED) is 0.524. The predicted octanol–water partition coefficient (Wildman–Crippen LogP) is 2.61. The smallest absolute Gasteiger partial charge is 0.325 e. The largest absolute Gasteiger partial charge is 0.468 e. The second-order valence-corrected chi connectivity index (χ2v) is 11.1. The summed E-state index contributed by atoms with van der Waals surface area (Å²) in [7, 11) is -2.47. The molecule has 3 heterocycles. The molecule has 1 aliphatic heterocycles. The Bertz CT molecular complexity index is 1270. The maximum Gasteiger partial charge on any atom is 0.325 e. The SMILES string of the molecule is COC(=O)Cn1c(=NC(=O)C2CCCCN2S(=O)(=O)c2cccs2)sc2ccccc21. The Hall–Kier alpha value is -2.34. The van der Waals surface area contributed by atoms with Crippen LogP contribution in [0, 0.1) is 0 Å². The molecule has 8 nitrogen and oxygen atoms in total. The van der Waals surface area contributed by atoms with Gasteiger partial charge in [0.2, 0.25) is 0 Å². The van der Waals surface area contributed by atoms with Gasteiger partial charge in [-0.3, -0.25) is 9.59 Å². The van der Waals surface area contributed by atoms with Crippen molar-refractivity contribution in [1.29, 1.82) is 0 Å². The van der Waals surface area contributed by atoms with Crippen LogP contribution in [0.1, 0.15) is 19.3 Å². The Morgan fingerprint density at radius 2 is 2.00 bits per heavy atom. The summed E-state index contributed by atoms with van der Waals surface area (Å²) in [6, 6.07) is 9.78. The molecule has 1 unspecified atom stereocenters. The Morgan fingerprint density at radius 3 is 2.74 bits per heavy atom. The lowest BCUT2D eigenvalue weighted by Crippen LogP contribution is -2.47. The first-order valence-electron chi connectivity index (χ1n) is 9.71. The van der Waals surface area contributed by atoms with Gasteiger partial charge in [0, 0.05) is 6.54 Å². The summed E-state index contributed by atoms with van der Waals surface area (Å²) in [4.78, 5) is 29.7. The Morgan fingerprint density at radius 1 is 1.19 bits per heavy atom. The van der Waals surface area contributed by atoms with E-state index in [2.05, 4.69) is 4.99 Å². The van der Waals surface area contributed by atoms with Crippen molar-refractivity contribution >= 4 is 54.8 Å². The molecule has 1 amide bonds. The van der Waals surface area contributed by atoms with Crippen LogP contribution >= 0.6 is 22.7 Å². The van der Waals surface area contributed by atoms with Crippen LogP contribution in [-0.4, -0.2) is 48.9 Å². The molecule has 0 N–H and O–H groups in total. The minimum Gasteiger partial charge on any atom is -0.468 e. The molecular weight excluding hydrogens is 458 g/mol. The molecule has 11 heteroatoms. The zero-order valence-corrected chi connectivity index (χ0v) is 19.2. The lowest BCUT2D eigenvalue weighted by molar-refractivity contribution is -0.141. The van der Waals surface area contributed by atoms with Crippen molar-refractivity contribution in [3.8, 4) is 0 Å². The van der Waals surface area contributed by atoms with E-state index in [1.807, 2.05) is 24.3 Å². The van der Waals surface area contributed by atoms with Crippen LogP contribution in [0.3, 0.4) is 0 Å². The van der Waals surface area contributed by atoms with E-state index in [1.54, 1.807) is 22.1 Å². The number of hydrogen-bond acceptors (Lipinski definition) is 7. The minimum absolute atomic E-state index is 0.0888. The highest BCUT2D eigenvalue weighted by atomic mass is 32.2. The fourth-order valence-electron chi connectivity index (χ4n) is 3.59. The van der Waals surface area contributed by atoms with Gasteiger partial charge in [0.05, 0.1) is 17.3 Å². The van der Waals surface area contributed by atoms with Crippen molar-refractivity contribution in [2.45, 2.75) is 36.1 Å². The molecule has 0 aliphatic carbocycles. The number of piperidine rings is 1. The number of aromatic nitrogens is 1. The first-order valence-corrected chi connectivity index (χ1v) is 12.8. The molecular formula is C20H21N3O5S3. The molecule has 0 saturated carbocycles. The third-order valence-electron chi connectivity index (χ3n) is 5.11. The molecule has 2 aromatic heterocycles. The van der Waals surface area contributed by atoms with E-state index in [9.17, 15) is 18.0 Å². The molecule has 1 fully saturated rings. The summed E-state index contributed by atoms with van der Waals surface area (Å²) >= 11 is 2.41. The highest BCUT2D eigenvalue weighted by Crippen LogP contribution is 2.28. The normalized spacial score (nSPS) is 18.4. The van der Waals surface area contributed by atoms with Gasteiger partial charge in [-0.15, -0.1) is 11.3 Å². The number of methoxy groups -OCH3 is 1. The molecule has 31 heavy (non-hydrogen) atoms. The number of fused-ring (bicyclic) bond motifs is 1. The number of benzene rings is 1. The van der Waals surface area contributed by atoms with Gasteiger partial charge in [-0.25, -0.2) is 8.42 Å². The topological polar surface area (TPSA) is 98.0 Å².